The quantitative estimate of drug-likeness (QED) is 0.250. The average molecular weight is 391 g/mol. The normalized spacial score (nSPS) is 26.0. The summed E-state index contributed by atoms with van der Waals surface area (Å²) >= 11 is 1.82. The summed E-state index contributed by atoms with van der Waals surface area (Å²) in [6.07, 6.45) is 2.04. The molecule has 0 aromatic rings. The van der Waals surface area contributed by atoms with E-state index in [0.717, 1.165) is 18.6 Å². The minimum Gasteiger partial charge on any atom is -0.481 e. The Labute approximate surface area is 158 Å². The van der Waals surface area contributed by atoms with Gasteiger partial charge in [0.25, 0.3) is 0 Å². The van der Waals surface area contributed by atoms with E-state index >= 15 is 0 Å². The van der Waals surface area contributed by atoms with Gasteiger partial charge in [-0.15, -0.1) is 0 Å². The van der Waals surface area contributed by atoms with Gasteiger partial charge in [0.2, 0.25) is 0 Å². The fraction of sp³-hybridized carbons (Fsp3) is 0.875. The van der Waals surface area contributed by atoms with Gasteiger partial charge in [0.05, 0.1) is 38.5 Å². The second-order valence-electron chi connectivity index (χ2n) is 6.51. The van der Waals surface area contributed by atoms with Gasteiger partial charge in [-0.1, -0.05) is 6.42 Å². The standard InChI is InChI=1S/C16H30N4O5S/c17-5-6-24-7-8-25-9-13(18)20-15-11(19-16(20)23)10-26-12(15)3-1-2-4-14(21)22/h11-13,15H,1-10,17-18H2,(H,19,23)(H,21,22)/t11-,12-,13?,15-/m0/s1. The zero-order valence-corrected chi connectivity index (χ0v) is 15.8. The highest BCUT2D eigenvalue weighted by atomic mass is 32.2. The predicted molar refractivity (Wildman–Crippen MR) is 99.0 cm³/mol. The molecule has 1 unspecified atom stereocenters. The number of nitrogens with zero attached hydrogens (tertiary/aromatic N) is 1. The Bertz CT molecular complexity index is 470. The highest BCUT2D eigenvalue weighted by Crippen LogP contribution is 2.38. The van der Waals surface area contributed by atoms with Crippen molar-refractivity contribution in [1.82, 2.24) is 10.2 Å². The first-order chi connectivity index (χ1) is 12.5. The fourth-order valence-electron chi connectivity index (χ4n) is 3.39. The Morgan fingerprint density at radius 2 is 2.12 bits per heavy atom. The van der Waals surface area contributed by atoms with Gasteiger partial charge in [-0.05, 0) is 12.8 Å². The van der Waals surface area contributed by atoms with Crippen molar-refractivity contribution in [3.05, 3.63) is 0 Å². The van der Waals surface area contributed by atoms with Crippen LogP contribution in [-0.2, 0) is 14.3 Å². The lowest BCUT2D eigenvalue weighted by atomic mass is 10.0. The number of carbonyl (C=O) groups excluding carboxylic acids is 1. The number of amides is 2. The van der Waals surface area contributed by atoms with Crippen LogP contribution in [0.2, 0.25) is 0 Å². The van der Waals surface area contributed by atoms with E-state index in [1.807, 2.05) is 11.8 Å². The molecular formula is C16H30N4O5S. The Balaban J connectivity index is 1.78. The molecule has 0 aliphatic carbocycles. The van der Waals surface area contributed by atoms with Gasteiger partial charge in [0, 0.05) is 24.0 Å². The Hall–Kier alpha value is -1.07. The van der Waals surface area contributed by atoms with Crippen LogP contribution in [0.15, 0.2) is 0 Å². The minimum atomic E-state index is -0.768. The molecule has 10 heteroatoms. The molecule has 6 N–H and O–H groups in total. The summed E-state index contributed by atoms with van der Waals surface area (Å²) in [5, 5.41) is 12.0. The summed E-state index contributed by atoms with van der Waals surface area (Å²) < 4.78 is 10.8. The van der Waals surface area contributed by atoms with Crippen LogP contribution in [0.1, 0.15) is 25.7 Å². The Kier molecular flexibility index (Phi) is 8.93. The SMILES string of the molecule is NCCOCCOCC(N)N1C(=O)N[C@H]2CS[C@@H](CCCCC(=O)O)[C@H]21. The summed E-state index contributed by atoms with van der Waals surface area (Å²) in [5.41, 5.74) is 11.6. The third-order valence-corrected chi connectivity index (χ3v) is 6.05. The van der Waals surface area contributed by atoms with E-state index < -0.39 is 12.1 Å². The number of rotatable bonds is 13. The number of fused-ring (bicyclic) bond motifs is 1. The first-order valence-electron chi connectivity index (χ1n) is 9.08. The molecule has 2 rings (SSSR count). The van der Waals surface area contributed by atoms with Crippen LogP contribution in [0.4, 0.5) is 4.79 Å². The van der Waals surface area contributed by atoms with Crippen LogP contribution in [0.25, 0.3) is 0 Å². The van der Waals surface area contributed by atoms with E-state index in [1.54, 1.807) is 4.90 Å². The number of hydrogen-bond donors (Lipinski definition) is 4. The predicted octanol–water partition coefficient (Wildman–Crippen LogP) is -0.214. The van der Waals surface area contributed by atoms with E-state index in [2.05, 4.69) is 5.32 Å². The van der Waals surface area contributed by atoms with Crippen molar-refractivity contribution in [2.24, 2.45) is 11.5 Å². The van der Waals surface area contributed by atoms with Gasteiger partial charge in [0.15, 0.2) is 0 Å². The molecule has 4 atom stereocenters. The number of nitrogens with one attached hydrogen (secondary N) is 1. The second kappa shape index (κ2) is 10.9. The third kappa shape index (κ3) is 5.98. The number of unbranched alkanes of at least 4 members (excludes halogenated alkanes) is 1. The molecule has 2 aliphatic heterocycles. The lowest BCUT2D eigenvalue weighted by Crippen LogP contribution is -2.53. The number of urea groups is 1. The van der Waals surface area contributed by atoms with Crippen LogP contribution in [0.5, 0.6) is 0 Å². The van der Waals surface area contributed by atoms with Gasteiger partial charge >= 0.3 is 12.0 Å². The molecule has 0 saturated carbocycles. The number of aliphatic carboxylic acids is 1. The summed E-state index contributed by atoms with van der Waals surface area (Å²) in [6.45, 7) is 2.07. The third-order valence-electron chi connectivity index (χ3n) is 4.56. The number of thioether (sulfide) groups is 1. The molecule has 0 bridgehead atoms. The van der Waals surface area contributed by atoms with Crippen molar-refractivity contribution >= 4 is 23.8 Å². The van der Waals surface area contributed by atoms with Gasteiger partial charge in [-0.2, -0.15) is 11.8 Å². The number of carboxylic acid groups (broad SMARTS) is 1. The van der Waals surface area contributed by atoms with Crippen LogP contribution in [0.3, 0.4) is 0 Å². The van der Waals surface area contributed by atoms with Crippen molar-refractivity contribution in [1.29, 1.82) is 0 Å². The first-order valence-corrected chi connectivity index (χ1v) is 10.1. The zero-order chi connectivity index (χ0) is 18.9. The number of hydrogen-bond acceptors (Lipinski definition) is 7. The Morgan fingerprint density at radius 1 is 1.35 bits per heavy atom. The summed E-state index contributed by atoms with van der Waals surface area (Å²) in [6, 6.07) is -0.0216. The number of ether oxygens (including phenoxy) is 2. The summed E-state index contributed by atoms with van der Waals surface area (Å²) in [5.74, 6) is 0.0905. The van der Waals surface area contributed by atoms with Crippen molar-refractivity contribution in [3.63, 3.8) is 0 Å². The smallest absolute Gasteiger partial charge is 0.319 e. The molecule has 150 valence electrons. The van der Waals surface area contributed by atoms with E-state index in [9.17, 15) is 9.59 Å². The second-order valence-corrected chi connectivity index (χ2v) is 7.78. The lowest BCUT2D eigenvalue weighted by Gasteiger charge is -2.32. The van der Waals surface area contributed by atoms with Crippen molar-refractivity contribution in [2.45, 2.75) is 49.2 Å². The van der Waals surface area contributed by atoms with Gasteiger partial charge < -0.3 is 36.3 Å². The molecular weight excluding hydrogens is 360 g/mol. The maximum absolute atomic E-state index is 12.3. The summed E-state index contributed by atoms with van der Waals surface area (Å²) in [4.78, 5) is 24.7. The molecule has 0 spiro atoms. The number of nitrogens with two attached hydrogens (primary N) is 2. The van der Waals surface area contributed by atoms with E-state index in [-0.39, 0.29) is 36.4 Å². The van der Waals surface area contributed by atoms with Crippen LogP contribution in [-0.4, -0.2) is 84.2 Å². The van der Waals surface area contributed by atoms with Gasteiger partial charge in [0.1, 0.15) is 6.17 Å². The molecule has 0 radical (unpaired) electrons. The maximum Gasteiger partial charge on any atom is 0.319 e. The van der Waals surface area contributed by atoms with E-state index in [1.165, 1.54) is 0 Å². The average Bonchev–Trinajstić information content (AvgIpc) is 3.12. The molecule has 2 aliphatic rings. The van der Waals surface area contributed by atoms with Crippen molar-refractivity contribution in [3.8, 4) is 0 Å². The minimum absolute atomic E-state index is 0.0319. The highest BCUT2D eigenvalue weighted by Gasteiger charge is 2.49. The number of carboxylic acids is 1. The molecule has 0 aromatic carbocycles. The zero-order valence-electron chi connectivity index (χ0n) is 15.0. The molecule has 9 nitrogen and oxygen atoms in total. The Morgan fingerprint density at radius 3 is 2.85 bits per heavy atom. The van der Waals surface area contributed by atoms with Crippen molar-refractivity contribution in [2.75, 3.05) is 38.7 Å². The molecule has 2 heterocycles. The maximum atomic E-state index is 12.3. The van der Waals surface area contributed by atoms with Crippen LogP contribution in [0, 0.1) is 0 Å². The molecule has 0 aromatic heterocycles. The molecule has 26 heavy (non-hydrogen) atoms. The number of carbonyl (C=O) groups is 2. The van der Waals surface area contributed by atoms with Gasteiger partial charge in [-0.3, -0.25) is 4.79 Å². The van der Waals surface area contributed by atoms with Crippen LogP contribution < -0.4 is 16.8 Å². The highest BCUT2D eigenvalue weighted by molar-refractivity contribution is 8.00. The summed E-state index contributed by atoms with van der Waals surface area (Å²) in [7, 11) is 0. The largest absolute Gasteiger partial charge is 0.481 e. The van der Waals surface area contributed by atoms with E-state index in [4.69, 9.17) is 26.0 Å². The van der Waals surface area contributed by atoms with Crippen molar-refractivity contribution < 1.29 is 24.2 Å². The van der Waals surface area contributed by atoms with Gasteiger partial charge in [-0.25, -0.2) is 4.79 Å². The van der Waals surface area contributed by atoms with Crippen LogP contribution >= 0.6 is 11.8 Å². The molecule has 2 fully saturated rings. The topological polar surface area (TPSA) is 140 Å². The first kappa shape index (κ1) is 21.2. The fourth-order valence-corrected chi connectivity index (χ4v) is 4.97. The molecule has 2 saturated heterocycles. The lowest BCUT2D eigenvalue weighted by molar-refractivity contribution is -0.137. The molecule has 2 amide bonds. The van der Waals surface area contributed by atoms with E-state index in [0.29, 0.717) is 32.8 Å². The monoisotopic (exact) mass is 390 g/mol.